The zero-order valence-corrected chi connectivity index (χ0v) is 5.81. The highest BCUT2D eigenvalue weighted by atomic mass is 14.7. The van der Waals surface area contributed by atoms with Gasteiger partial charge in [-0.05, 0) is 18.6 Å². The zero-order chi connectivity index (χ0) is 7.56. The Balaban J connectivity index is 3.15. The van der Waals surface area contributed by atoms with Gasteiger partial charge in [0, 0.05) is 5.56 Å². The van der Waals surface area contributed by atoms with Crippen molar-refractivity contribution in [2.75, 3.05) is 0 Å². The summed E-state index contributed by atoms with van der Waals surface area (Å²) in [4.78, 5) is 0. The fraction of sp³-hybridized carbons (Fsp3) is 0.125. The highest BCUT2D eigenvalue weighted by molar-refractivity contribution is 5.96. The summed E-state index contributed by atoms with van der Waals surface area (Å²) in [7, 11) is 0. The molecule has 0 aliphatic carbocycles. The lowest BCUT2D eigenvalue weighted by molar-refractivity contribution is 1.36. The SMILES string of the molecule is Cc1[c]cccc1C(=N)N. The summed E-state index contributed by atoms with van der Waals surface area (Å²) in [6.45, 7) is 1.89. The molecule has 1 rings (SSSR count). The summed E-state index contributed by atoms with van der Waals surface area (Å²) in [6.07, 6.45) is 0. The zero-order valence-electron chi connectivity index (χ0n) is 5.81. The van der Waals surface area contributed by atoms with Crippen LogP contribution in [0.5, 0.6) is 0 Å². The van der Waals surface area contributed by atoms with Crippen LogP contribution in [-0.4, -0.2) is 5.84 Å². The van der Waals surface area contributed by atoms with Gasteiger partial charge in [-0.2, -0.15) is 0 Å². The summed E-state index contributed by atoms with van der Waals surface area (Å²) in [5.41, 5.74) is 6.97. The molecule has 0 amide bonds. The fourth-order valence-electron chi connectivity index (χ4n) is 0.812. The van der Waals surface area contributed by atoms with Gasteiger partial charge in [0.1, 0.15) is 5.84 Å². The molecule has 0 unspecified atom stereocenters. The molecule has 3 N–H and O–H groups in total. The molecule has 0 fully saturated rings. The molecule has 0 saturated heterocycles. The largest absolute Gasteiger partial charge is 0.384 e. The second kappa shape index (κ2) is 2.52. The Bertz CT molecular complexity index is 253. The first-order valence-electron chi connectivity index (χ1n) is 3.03. The van der Waals surface area contributed by atoms with Crippen LogP contribution < -0.4 is 5.73 Å². The molecule has 0 atom stereocenters. The van der Waals surface area contributed by atoms with E-state index in [-0.39, 0.29) is 5.84 Å². The van der Waals surface area contributed by atoms with Gasteiger partial charge in [0.15, 0.2) is 0 Å². The number of aryl methyl sites for hydroxylation is 1. The maximum atomic E-state index is 7.13. The molecular weight excluding hydrogens is 124 g/mol. The van der Waals surface area contributed by atoms with Gasteiger partial charge in [-0.1, -0.05) is 18.2 Å². The van der Waals surface area contributed by atoms with E-state index in [1.165, 1.54) is 0 Å². The molecule has 10 heavy (non-hydrogen) atoms. The van der Waals surface area contributed by atoms with Crippen LogP contribution in [-0.2, 0) is 0 Å². The van der Waals surface area contributed by atoms with Gasteiger partial charge in [-0.15, -0.1) is 0 Å². The Morgan fingerprint density at radius 3 is 2.80 bits per heavy atom. The van der Waals surface area contributed by atoms with Gasteiger partial charge in [0.2, 0.25) is 0 Å². The van der Waals surface area contributed by atoms with Crippen LogP contribution in [0.3, 0.4) is 0 Å². The second-order valence-electron chi connectivity index (χ2n) is 2.12. The molecule has 0 aliphatic heterocycles. The first kappa shape index (κ1) is 6.81. The monoisotopic (exact) mass is 133 g/mol. The maximum Gasteiger partial charge on any atom is 0.123 e. The van der Waals surface area contributed by atoms with E-state index >= 15 is 0 Å². The molecule has 2 nitrogen and oxygen atoms in total. The molecule has 51 valence electrons. The molecule has 1 aromatic rings. The molecule has 1 radical (unpaired) electrons. The number of amidine groups is 1. The maximum absolute atomic E-state index is 7.13. The Kier molecular flexibility index (Phi) is 1.71. The first-order valence-corrected chi connectivity index (χ1v) is 3.03. The topological polar surface area (TPSA) is 49.9 Å². The normalized spacial score (nSPS) is 9.30. The minimum atomic E-state index is 0.106. The van der Waals surface area contributed by atoms with Gasteiger partial charge < -0.3 is 5.73 Å². The van der Waals surface area contributed by atoms with E-state index in [0.717, 1.165) is 11.1 Å². The number of nitrogens with one attached hydrogen (secondary N) is 1. The lowest BCUT2D eigenvalue weighted by Crippen LogP contribution is -2.12. The Morgan fingerprint density at radius 1 is 1.70 bits per heavy atom. The predicted molar refractivity (Wildman–Crippen MR) is 41.0 cm³/mol. The number of nitrogens with two attached hydrogens (primary N) is 1. The van der Waals surface area contributed by atoms with Crippen molar-refractivity contribution in [3.63, 3.8) is 0 Å². The van der Waals surface area contributed by atoms with Crippen LogP contribution in [0.4, 0.5) is 0 Å². The number of hydrogen-bond donors (Lipinski definition) is 2. The third-order valence-electron chi connectivity index (χ3n) is 1.35. The summed E-state index contributed by atoms with van der Waals surface area (Å²) >= 11 is 0. The van der Waals surface area contributed by atoms with Crippen molar-refractivity contribution in [3.8, 4) is 0 Å². The fourth-order valence-corrected chi connectivity index (χ4v) is 0.812. The van der Waals surface area contributed by atoms with E-state index in [4.69, 9.17) is 11.1 Å². The number of hydrogen-bond acceptors (Lipinski definition) is 1. The second-order valence-corrected chi connectivity index (χ2v) is 2.12. The molecule has 0 aliphatic rings. The summed E-state index contributed by atoms with van der Waals surface area (Å²) in [5.74, 6) is 0.106. The minimum Gasteiger partial charge on any atom is -0.384 e. The van der Waals surface area contributed by atoms with E-state index in [1.807, 2.05) is 25.1 Å². The quantitative estimate of drug-likeness (QED) is 0.437. The standard InChI is InChI=1S/C8H9N2/c1-6-4-2-3-5-7(6)8(9)10/h2-3,5H,1H3,(H3,9,10). The van der Waals surface area contributed by atoms with Crippen molar-refractivity contribution in [1.82, 2.24) is 0 Å². The van der Waals surface area contributed by atoms with Crippen molar-refractivity contribution in [1.29, 1.82) is 5.41 Å². The van der Waals surface area contributed by atoms with Gasteiger partial charge in [0.05, 0.1) is 0 Å². The molecule has 0 saturated carbocycles. The summed E-state index contributed by atoms with van der Waals surface area (Å²) in [5, 5.41) is 7.13. The molecule has 1 aromatic carbocycles. The highest BCUT2D eigenvalue weighted by Crippen LogP contribution is 2.03. The molecule has 0 aromatic heterocycles. The third kappa shape index (κ3) is 1.16. The van der Waals surface area contributed by atoms with Crippen molar-refractivity contribution in [2.24, 2.45) is 5.73 Å². The van der Waals surface area contributed by atoms with Crippen LogP contribution in [0.2, 0.25) is 0 Å². The lowest BCUT2D eigenvalue weighted by Gasteiger charge is -1.99. The summed E-state index contributed by atoms with van der Waals surface area (Å²) < 4.78 is 0. The van der Waals surface area contributed by atoms with E-state index in [1.54, 1.807) is 0 Å². The van der Waals surface area contributed by atoms with Crippen LogP contribution in [0.15, 0.2) is 18.2 Å². The Morgan fingerprint density at radius 2 is 2.40 bits per heavy atom. The van der Waals surface area contributed by atoms with Crippen molar-refractivity contribution in [2.45, 2.75) is 6.92 Å². The van der Waals surface area contributed by atoms with Gasteiger partial charge in [-0.25, -0.2) is 0 Å². The van der Waals surface area contributed by atoms with E-state index in [2.05, 4.69) is 6.07 Å². The van der Waals surface area contributed by atoms with Gasteiger partial charge in [0.25, 0.3) is 0 Å². The Labute approximate surface area is 60.2 Å². The van der Waals surface area contributed by atoms with Crippen molar-refractivity contribution in [3.05, 3.63) is 35.4 Å². The molecule has 2 heteroatoms. The van der Waals surface area contributed by atoms with Gasteiger partial charge >= 0.3 is 0 Å². The highest BCUT2D eigenvalue weighted by Gasteiger charge is 1.97. The van der Waals surface area contributed by atoms with Crippen LogP contribution in [0, 0.1) is 18.4 Å². The number of nitrogen functional groups attached to an aromatic ring is 1. The van der Waals surface area contributed by atoms with E-state index in [9.17, 15) is 0 Å². The van der Waals surface area contributed by atoms with Crippen LogP contribution in [0.25, 0.3) is 0 Å². The smallest absolute Gasteiger partial charge is 0.123 e. The van der Waals surface area contributed by atoms with E-state index in [0.29, 0.717) is 0 Å². The molecule has 0 bridgehead atoms. The van der Waals surface area contributed by atoms with Crippen molar-refractivity contribution >= 4 is 5.84 Å². The third-order valence-corrected chi connectivity index (χ3v) is 1.35. The lowest BCUT2D eigenvalue weighted by atomic mass is 10.1. The molecule has 0 spiro atoms. The van der Waals surface area contributed by atoms with Crippen LogP contribution >= 0.6 is 0 Å². The average Bonchev–Trinajstić information content (AvgIpc) is 1.88. The summed E-state index contributed by atoms with van der Waals surface area (Å²) in [6, 6.07) is 8.40. The predicted octanol–water partition coefficient (Wildman–Crippen LogP) is 1.08. The van der Waals surface area contributed by atoms with Gasteiger partial charge in [-0.3, -0.25) is 5.41 Å². The van der Waals surface area contributed by atoms with E-state index < -0.39 is 0 Å². The van der Waals surface area contributed by atoms with Crippen LogP contribution in [0.1, 0.15) is 11.1 Å². The number of rotatable bonds is 1. The average molecular weight is 133 g/mol. The Hall–Kier alpha value is -1.31. The molecular formula is C8H9N2. The number of benzene rings is 1. The van der Waals surface area contributed by atoms with Crippen molar-refractivity contribution < 1.29 is 0 Å². The first-order chi connectivity index (χ1) is 4.72. The molecule has 0 heterocycles. The minimum absolute atomic E-state index is 0.106.